The van der Waals surface area contributed by atoms with Crippen molar-refractivity contribution in [3.8, 4) is 0 Å². The number of amides is 2. The topological polar surface area (TPSA) is 73.1 Å². The number of imidazole rings is 1. The standard InChI is InChI=1S/C16H18FN3O3/c1-8(2)9-4-5-10(17)14-13(9)19(3)16(23)20(14)11-6-7-12(21)18-15(11)22/h4-5,8,11H,6-7H2,1-3H3,(H,18,21,22). The van der Waals surface area contributed by atoms with E-state index in [2.05, 4.69) is 5.32 Å². The molecule has 0 bridgehead atoms. The van der Waals surface area contributed by atoms with E-state index in [0.717, 1.165) is 5.56 Å². The molecule has 122 valence electrons. The third kappa shape index (κ3) is 2.27. The van der Waals surface area contributed by atoms with Crippen LogP contribution in [-0.2, 0) is 16.6 Å². The molecular formula is C16H18FN3O3. The molecule has 1 aromatic heterocycles. The predicted molar refractivity (Wildman–Crippen MR) is 82.6 cm³/mol. The summed E-state index contributed by atoms with van der Waals surface area (Å²) in [5, 5.41) is 2.22. The van der Waals surface area contributed by atoms with E-state index in [0.29, 0.717) is 5.52 Å². The Balaban J connectivity index is 2.32. The van der Waals surface area contributed by atoms with Crippen LogP contribution in [0.25, 0.3) is 11.0 Å². The van der Waals surface area contributed by atoms with E-state index in [-0.39, 0.29) is 30.2 Å². The van der Waals surface area contributed by atoms with Gasteiger partial charge in [-0.2, -0.15) is 0 Å². The molecule has 0 aliphatic carbocycles. The minimum absolute atomic E-state index is 0.0984. The number of piperidine rings is 1. The fourth-order valence-corrected chi connectivity index (χ4v) is 3.19. The molecule has 6 nitrogen and oxygen atoms in total. The minimum atomic E-state index is -0.874. The predicted octanol–water partition coefficient (Wildman–Crippen LogP) is 1.58. The maximum absolute atomic E-state index is 14.5. The Labute approximate surface area is 131 Å². The van der Waals surface area contributed by atoms with Gasteiger partial charge in [0.15, 0.2) is 0 Å². The van der Waals surface area contributed by atoms with Crippen LogP contribution in [-0.4, -0.2) is 20.9 Å². The number of aromatic nitrogens is 2. The largest absolute Gasteiger partial charge is 0.329 e. The number of carbonyl (C=O) groups excluding carboxylic acids is 2. The summed E-state index contributed by atoms with van der Waals surface area (Å²) >= 11 is 0. The molecule has 0 radical (unpaired) electrons. The summed E-state index contributed by atoms with van der Waals surface area (Å²) in [7, 11) is 1.57. The van der Waals surface area contributed by atoms with Crippen LogP contribution in [0.1, 0.15) is 44.2 Å². The third-order valence-electron chi connectivity index (χ3n) is 4.35. The molecule has 0 saturated carbocycles. The van der Waals surface area contributed by atoms with Gasteiger partial charge < -0.3 is 0 Å². The average molecular weight is 319 g/mol. The van der Waals surface area contributed by atoms with Gasteiger partial charge in [0.05, 0.1) is 5.52 Å². The van der Waals surface area contributed by atoms with Crippen molar-refractivity contribution in [1.29, 1.82) is 0 Å². The zero-order chi connectivity index (χ0) is 16.9. The van der Waals surface area contributed by atoms with E-state index < -0.39 is 23.5 Å². The molecule has 3 rings (SSSR count). The lowest BCUT2D eigenvalue weighted by Crippen LogP contribution is -2.44. The lowest BCUT2D eigenvalue weighted by atomic mass is 10.0. The summed E-state index contributed by atoms with van der Waals surface area (Å²) < 4.78 is 17.0. The van der Waals surface area contributed by atoms with Crippen molar-refractivity contribution in [2.75, 3.05) is 0 Å². The number of imide groups is 1. The van der Waals surface area contributed by atoms with Gasteiger partial charge in [-0.25, -0.2) is 9.18 Å². The number of carbonyl (C=O) groups is 2. The molecule has 1 fully saturated rings. The maximum Gasteiger partial charge on any atom is 0.329 e. The summed E-state index contributed by atoms with van der Waals surface area (Å²) in [6, 6.07) is 2.11. The molecule has 7 heteroatoms. The van der Waals surface area contributed by atoms with Gasteiger partial charge in [-0.1, -0.05) is 19.9 Å². The molecule has 0 spiro atoms. The van der Waals surface area contributed by atoms with E-state index >= 15 is 0 Å². The van der Waals surface area contributed by atoms with Gasteiger partial charge in [-0.15, -0.1) is 0 Å². The van der Waals surface area contributed by atoms with Crippen molar-refractivity contribution in [2.45, 2.75) is 38.6 Å². The normalized spacial score (nSPS) is 18.7. The number of halogens is 1. The first-order valence-corrected chi connectivity index (χ1v) is 7.56. The van der Waals surface area contributed by atoms with Gasteiger partial charge >= 0.3 is 5.69 Å². The molecule has 1 aliphatic heterocycles. The highest BCUT2D eigenvalue weighted by Crippen LogP contribution is 2.30. The van der Waals surface area contributed by atoms with Gasteiger partial charge in [0.1, 0.15) is 17.4 Å². The minimum Gasteiger partial charge on any atom is -0.295 e. The van der Waals surface area contributed by atoms with Gasteiger partial charge in [-0.3, -0.25) is 24.0 Å². The Hall–Kier alpha value is -2.44. The number of fused-ring (bicyclic) bond motifs is 1. The molecule has 1 aromatic carbocycles. The van der Waals surface area contributed by atoms with Crippen molar-refractivity contribution < 1.29 is 14.0 Å². The van der Waals surface area contributed by atoms with E-state index in [4.69, 9.17) is 0 Å². The van der Waals surface area contributed by atoms with Crippen molar-refractivity contribution in [3.63, 3.8) is 0 Å². The monoisotopic (exact) mass is 319 g/mol. The molecule has 1 N–H and O–H groups in total. The summed E-state index contributed by atoms with van der Waals surface area (Å²) in [4.78, 5) is 36.1. The van der Waals surface area contributed by atoms with Gasteiger partial charge in [0.2, 0.25) is 11.8 Å². The van der Waals surface area contributed by atoms with Gasteiger partial charge in [-0.05, 0) is 24.0 Å². The summed E-state index contributed by atoms with van der Waals surface area (Å²) in [6.07, 6.45) is 0.319. The number of hydrogen-bond donors (Lipinski definition) is 1. The second-order valence-corrected chi connectivity index (χ2v) is 6.17. The quantitative estimate of drug-likeness (QED) is 0.854. The fourth-order valence-electron chi connectivity index (χ4n) is 3.19. The van der Waals surface area contributed by atoms with Crippen LogP contribution >= 0.6 is 0 Å². The zero-order valence-corrected chi connectivity index (χ0v) is 13.2. The molecule has 2 amide bonds. The Morgan fingerprint density at radius 3 is 2.52 bits per heavy atom. The SMILES string of the molecule is CC(C)c1ccc(F)c2c1n(C)c(=O)n2C1CCC(=O)NC1=O. The highest BCUT2D eigenvalue weighted by Gasteiger charge is 2.32. The van der Waals surface area contributed by atoms with Crippen LogP contribution in [0, 0.1) is 5.82 Å². The first-order chi connectivity index (χ1) is 10.8. The Bertz CT molecular complexity index is 879. The number of aryl methyl sites for hydroxylation is 1. The van der Waals surface area contributed by atoms with Crippen molar-refractivity contribution in [3.05, 3.63) is 34.0 Å². The first kappa shape index (κ1) is 15.5. The lowest BCUT2D eigenvalue weighted by Gasteiger charge is -2.22. The van der Waals surface area contributed by atoms with E-state index in [1.165, 1.54) is 15.2 Å². The molecule has 1 saturated heterocycles. The number of benzene rings is 1. The molecule has 2 aromatic rings. The lowest BCUT2D eigenvalue weighted by molar-refractivity contribution is -0.135. The summed E-state index contributed by atoms with van der Waals surface area (Å²) in [5.41, 5.74) is 1.00. The van der Waals surface area contributed by atoms with Gasteiger partial charge in [0.25, 0.3) is 0 Å². The number of nitrogens with one attached hydrogen (secondary N) is 1. The molecular weight excluding hydrogens is 301 g/mol. The van der Waals surface area contributed by atoms with Crippen molar-refractivity contribution >= 4 is 22.8 Å². The van der Waals surface area contributed by atoms with Crippen LogP contribution < -0.4 is 11.0 Å². The van der Waals surface area contributed by atoms with Crippen LogP contribution in [0.5, 0.6) is 0 Å². The van der Waals surface area contributed by atoms with Crippen molar-refractivity contribution in [2.24, 2.45) is 7.05 Å². The second kappa shape index (κ2) is 5.33. The Kier molecular flexibility index (Phi) is 3.58. The number of nitrogens with zero attached hydrogens (tertiary/aromatic N) is 2. The first-order valence-electron chi connectivity index (χ1n) is 7.56. The summed E-state index contributed by atoms with van der Waals surface area (Å²) in [6.45, 7) is 3.92. The molecule has 1 aliphatic rings. The Morgan fingerprint density at radius 2 is 1.91 bits per heavy atom. The smallest absolute Gasteiger partial charge is 0.295 e. The number of rotatable bonds is 2. The fraction of sp³-hybridized carbons (Fsp3) is 0.438. The van der Waals surface area contributed by atoms with Crippen LogP contribution in [0.3, 0.4) is 0 Å². The molecule has 2 heterocycles. The molecule has 1 atom stereocenters. The van der Waals surface area contributed by atoms with E-state index in [1.54, 1.807) is 13.1 Å². The third-order valence-corrected chi connectivity index (χ3v) is 4.35. The van der Waals surface area contributed by atoms with Crippen LogP contribution in [0.2, 0.25) is 0 Å². The zero-order valence-electron chi connectivity index (χ0n) is 13.2. The maximum atomic E-state index is 14.5. The van der Waals surface area contributed by atoms with Crippen LogP contribution in [0.4, 0.5) is 4.39 Å². The summed E-state index contributed by atoms with van der Waals surface area (Å²) in [5.74, 6) is -1.39. The van der Waals surface area contributed by atoms with Crippen LogP contribution in [0.15, 0.2) is 16.9 Å². The van der Waals surface area contributed by atoms with E-state index in [1.807, 2.05) is 13.8 Å². The van der Waals surface area contributed by atoms with Crippen molar-refractivity contribution in [1.82, 2.24) is 14.5 Å². The van der Waals surface area contributed by atoms with Gasteiger partial charge in [0, 0.05) is 13.5 Å². The highest BCUT2D eigenvalue weighted by molar-refractivity contribution is 6.00. The highest BCUT2D eigenvalue weighted by atomic mass is 19.1. The second-order valence-electron chi connectivity index (χ2n) is 6.17. The number of hydrogen-bond acceptors (Lipinski definition) is 3. The van der Waals surface area contributed by atoms with E-state index in [9.17, 15) is 18.8 Å². The Morgan fingerprint density at radius 1 is 1.22 bits per heavy atom. The molecule has 23 heavy (non-hydrogen) atoms. The molecule has 1 unspecified atom stereocenters. The average Bonchev–Trinajstić information content (AvgIpc) is 2.73.